The molecule has 1 fully saturated rings. The van der Waals surface area contributed by atoms with Crippen LogP contribution in [0.25, 0.3) is 0 Å². The van der Waals surface area contributed by atoms with Crippen LogP contribution in [0.2, 0.25) is 0 Å². The zero-order chi connectivity index (χ0) is 17.7. The monoisotopic (exact) mass is 360 g/mol. The second-order valence-electron chi connectivity index (χ2n) is 6.49. The third-order valence-corrected chi connectivity index (χ3v) is 5.91. The molecule has 0 amide bonds. The van der Waals surface area contributed by atoms with Crippen molar-refractivity contribution in [3.63, 3.8) is 0 Å². The van der Waals surface area contributed by atoms with Crippen LogP contribution in [-0.2, 0) is 20.1 Å². The van der Waals surface area contributed by atoms with Crippen molar-refractivity contribution in [1.29, 1.82) is 0 Å². The van der Waals surface area contributed by atoms with E-state index in [1.165, 1.54) is 0 Å². The molecule has 0 unspecified atom stereocenters. The van der Waals surface area contributed by atoms with Gasteiger partial charge in [0.05, 0.1) is 13.2 Å². The summed E-state index contributed by atoms with van der Waals surface area (Å²) in [5, 5.41) is 0. The number of methoxy groups -OCH3 is 1. The summed E-state index contributed by atoms with van der Waals surface area (Å²) in [7, 11) is -1.98. The second-order valence-corrected chi connectivity index (χ2v) is 8.09. The third-order valence-electron chi connectivity index (χ3n) is 4.68. The molecule has 1 aliphatic rings. The predicted molar refractivity (Wildman–Crippen MR) is 98.1 cm³/mol. The first-order valence-corrected chi connectivity index (χ1v) is 10.2. The zero-order valence-corrected chi connectivity index (χ0v) is 15.2. The molecule has 2 atom stereocenters. The largest absolute Gasteiger partial charge is 0.497 e. The molecule has 0 heterocycles. The van der Waals surface area contributed by atoms with E-state index in [0.29, 0.717) is 0 Å². The molecule has 2 aromatic rings. The Bertz CT molecular complexity index is 786. The van der Waals surface area contributed by atoms with E-state index in [1.54, 1.807) is 19.2 Å². The standard InChI is InChI=1S/C20H24O4S/c1-23-18-11-7-10-17(14-18)19-12-5-6-13-20(19)24-25(21,22)15-16-8-3-2-4-9-16/h2-4,7-11,14,19-20H,5-6,12-13,15H2,1H3/t19-,20+/m0/s1. The Morgan fingerprint density at radius 2 is 1.76 bits per heavy atom. The van der Waals surface area contributed by atoms with E-state index in [9.17, 15) is 8.42 Å². The summed E-state index contributed by atoms with van der Waals surface area (Å²) in [6.07, 6.45) is 3.45. The summed E-state index contributed by atoms with van der Waals surface area (Å²) in [6.45, 7) is 0. The van der Waals surface area contributed by atoms with Gasteiger partial charge in [0.15, 0.2) is 0 Å². The lowest BCUT2D eigenvalue weighted by atomic mass is 9.82. The highest BCUT2D eigenvalue weighted by Gasteiger charge is 2.31. The Kier molecular flexibility index (Phi) is 5.76. The molecular weight excluding hydrogens is 336 g/mol. The maximum absolute atomic E-state index is 12.5. The van der Waals surface area contributed by atoms with Crippen LogP contribution >= 0.6 is 0 Å². The van der Waals surface area contributed by atoms with Crippen LogP contribution in [0.4, 0.5) is 0 Å². The van der Waals surface area contributed by atoms with Gasteiger partial charge < -0.3 is 4.74 Å². The Morgan fingerprint density at radius 1 is 1.00 bits per heavy atom. The Hall–Kier alpha value is -1.85. The molecule has 0 saturated heterocycles. The van der Waals surface area contributed by atoms with Gasteiger partial charge in [0, 0.05) is 5.92 Å². The number of rotatable bonds is 6. The van der Waals surface area contributed by atoms with Crippen LogP contribution in [0.5, 0.6) is 5.75 Å². The molecule has 0 aliphatic heterocycles. The quantitative estimate of drug-likeness (QED) is 0.722. The van der Waals surface area contributed by atoms with Crippen LogP contribution in [0.3, 0.4) is 0 Å². The fourth-order valence-electron chi connectivity index (χ4n) is 3.47. The summed E-state index contributed by atoms with van der Waals surface area (Å²) < 4.78 is 36.0. The fourth-order valence-corrected chi connectivity index (χ4v) is 4.74. The van der Waals surface area contributed by atoms with Crippen molar-refractivity contribution in [3.05, 3.63) is 65.7 Å². The van der Waals surface area contributed by atoms with Crippen LogP contribution in [0, 0.1) is 0 Å². The average Bonchev–Trinajstić information content (AvgIpc) is 2.62. The van der Waals surface area contributed by atoms with Gasteiger partial charge in [-0.1, -0.05) is 55.3 Å². The van der Waals surface area contributed by atoms with E-state index in [1.807, 2.05) is 42.5 Å². The molecule has 1 saturated carbocycles. The van der Waals surface area contributed by atoms with E-state index in [2.05, 4.69) is 0 Å². The normalized spacial score (nSPS) is 21.0. The number of ether oxygens (including phenoxy) is 1. The molecule has 2 aromatic carbocycles. The van der Waals surface area contributed by atoms with Crippen molar-refractivity contribution in [1.82, 2.24) is 0 Å². The van der Waals surface area contributed by atoms with Gasteiger partial charge in [0.2, 0.25) is 0 Å². The molecular formula is C20H24O4S. The van der Waals surface area contributed by atoms with Gasteiger partial charge in [-0.25, -0.2) is 0 Å². The topological polar surface area (TPSA) is 52.6 Å². The zero-order valence-electron chi connectivity index (χ0n) is 14.4. The average molecular weight is 360 g/mol. The highest BCUT2D eigenvalue weighted by molar-refractivity contribution is 7.85. The van der Waals surface area contributed by atoms with Gasteiger partial charge in [-0.05, 0) is 36.1 Å². The minimum atomic E-state index is -3.62. The molecule has 5 heteroatoms. The molecule has 0 radical (unpaired) electrons. The summed E-state index contributed by atoms with van der Waals surface area (Å²) in [6, 6.07) is 17.0. The van der Waals surface area contributed by atoms with Crippen molar-refractivity contribution < 1.29 is 17.3 Å². The highest BCUT2D eigenvalue weighted by atomic mass is 32.2. The summed E-state index contributed by atoms with van der Waals surface area (Å²) in [5.74, 6) is 0.776. The lowest BCUT2D eigenvalue weighted by Crippen LogP contribution is -2.29. The van der Waals surface area contributed by atoms with E-state index in [4.69, 9.17) is 8.92 Å². The van der Waals surface area contributed by atoms with Gasteiger partial charge in [0.25, 0.3) is 10.1 Å². The lowest BCUT2D eigenvalue weighted by molar-refractivity contribution is 0.137. The lowest BCUT2D eigenvalue weighted by Gasteiger charge is -2.31. The molecule has 0 spiro atoms. The van der Waals surface area contributed by atoms with E-state index < -0.39 is 10.1 Å². The van der Waals surface area contributed by atoms with Gasteiger partial charge in [-0.3, -0.25) is 4.18 Å². The van der Waals surface area contributed by atoms with Crippen LogP contribution in [0.1, 0.15) is 42.7 Å². The van der Waals surface area contributed by atoms with Crippen molar-refractivity contribution in [2.45, 2.75) is 43.5 Å². The van der Waals surface area contributed by atoms with E-state index in [-0.39, 0.29) is 17.8 Å². The molecule has 25 heavy (non-hydrogen) atoms. The number of benzene rings is 2. The molecule has 0 N–H and O–H groups in total. The summed E-state index contributed by atoms with van der Waals surface area (Å²) in [4.78, 5) is 0. The fraction of sp³-hybridized carbons (Fsp3) is 0.400. The first-order chi connectivity index (χ1) is 12.1. The molecule has 134 valence electrons. The third kappa shape index (κ3) is 4.83. The molecule has 3 rings (SSSR count). The molecule has 0 aromatic heterocycles. The van der Waals surface area contributed by atoms with E-state index in [0.717, 1.165) is 42.6 Å². The predicted octanol–water partition coefficient (Wildman–Crippen LogP) is 4.27. The van der Waals surface area contributed by atoms with Crippen molar-refractivity contribution in [2.24, 2.45) is 0 Å². The maximum atomic E-state index is 12.5. The van der Waals surface area contributed by atoms with Crippen molar-refractivity contribution in [2.75, 3.05) is 7.11 Å². The maximum Gasteiger partial charge on any atom is 0.271 e. The Balaban J connectivity index is 1.76. The van der Waals surface area contributed by atoms with Crippen LogP contribution < -0.4 is 4.74 Å². The van der Waals surface area contributed by atoms with Crippen molar-refractivity contribution >= 4 is 10.1 Å². The first-order valence-electron chi connectivity index (χ1n) is 8.66. The number of hydrogen-bond donors (Lipinski definition) is 0. The van der Waals surface area contributed by atoms with Crippen molar-refractivity contribution in [3.8, 4) is 5.75 Å². The SMILES string of the molecule is COc1cccc([C@@H]2CCCC[C@H]2OS(=O)(=O)Cc2ccccc2)c1. The second kappa shape index (κ2) is 8.02. The Labute approximate surface area is 149 Å². The molecule has 0 bridgehead atoms. The van der Waals surface area contributed by atoms with Crippen LogP contribution in [-0.4, -0.2) is 21.6 Å². The van der Waals surface area contributed by atoms with Gasteiger partial charge >= 0.3 is 0 Å². The minimum absolute atomic E-state index is 0.0781. The smallest absolute Gasteiger partial charge is 0.271 e. The minimum Gasteiger partial charge on any atom is -0.497 e. The molecule has 4 nitrogen and oxygen atoms in total. The summed E-state index contributed by atoms with van der Waals surface area (Å²) >= 11 is 0. The molecule has 1 aliphatic carbocycles. The first kappa shape index (κ1) is 18.0. The summed E-state index contributed by atoms with van der Waals surface area (Å²) in [5.41, 5.74) is 1.83. The van der Waals surface area contributed by atoms with Gasteiger partial charge in [0.1, 0.15) is 11.5 Å². The number of hydrogen-bond acceptors (Lipinski definition) is 4. The van der Waals surface area contributed by atoms with Gasteiger partial charge in [-0.15, -0.1) is 0 Å². The van der Waals surface area contributed by atoms with Crippen LogP contribution in [0.15, 0.2) is 54.6 Å². The highest BCUT2D eigenvalue weighted by Crippen LogP contribution is 2.37. The van der Waals surface area contributed by atoms with Gasteiger partial charge in [-0.2, -0.15) is 8.42 Å². The van der Waals surface area contributed by atoms with E-state index >= 15 is 0 Å². The Morgan fingerprint density at radius 3 is 2.52 bits per heavy atom.